The summed E-state index contributed by atoms with van der Waals surface area (Å²) in [7, 11) is 0. The molecule has 0 fully saturated rings. The molecule has 2 nitrogen and oxygen atoms in total. The molecule has 26 heavy (non-hydrogen) atoms. The minimum Gasteiger partial charge on any atom is -0.319 e. The summed E-state index contributed by atoms with van der Waals surface area (Å²) in [4.78, 5) is 4.33. The van der Waals surface area contributed by atoms with Gasteiger partial charge in [-0.2, -0.15) is 0 Å². The lowest BCUT2D eigenvalue weighted by Gasteiger charge is -2.37. The molecule has 0 unspecified atom stereocenters. The Balaban J connectivity index is 0.000000948. The third-order valence-corrected chi connectivity index (χ3v) is 4.47. The molecule has 0 saturated carbocycles. The maximum Gasteiger partial charge on any atom is 0.121 e. The highest BCUT2D eigenvalue weighted by Crippen LogP contribution is 2.40. The fourth-order valence-electron chi connectivity index (χ4n) is 3.44. The third-order valence-electron chi connectivity index (χ3n) is 4.47. The van der Waals surface area contributed by atoms with Crippen LogP contribution in [0.5, 0.6) is 0 Å². The quantitative estimate of drug-likeness (QED) is 0.433. The van der Waals surface area contributed by atoms with Crippen LogP contribution in [0.1, 0.15) is 30.5 Å². The summed E-state index contributed by atoms with van der Waals surface area (Å²) in [6, 6.07) is 31.8. The Hall–Kier alpha value is -3.13. The molecule has 0 radical (unpaired) electrons. The van der Waals surface area contributed by atoms with Crippen molar-refractivity contribution in [3.05, 3.63) is 126 Å². The van der Waals surface area contributed by atoms with Crippen molar-refractivity contribution in [1.29, 1.82) is 0 Å². The van der Waals surface area contributed by atoms with Crippen LogP contribution >= 0.6 is 0 Å². The second-order valence-corrected chi connectivity index (χ2v) is 5.78. The number of rotatable bonds is 4. The van der Waals surface area contributed by atoms with Gasteiger partial charge >= 0.3 is 0 Å². The fraction of sp³-hybridized carbons (Fsp3) is 0.125. The Morgan fingerprint density at radius 2 is 1.00 bits per heavy atom. The van der Waals surface area contributed by atoms with Gasteiger partial charge in [-0.3, -0.25) is 0 Å². The average molecular weight is 340 g/mol. The van der Waals surface area contributed by atoms with Gasteiger partial charge in [0.1, 0.15) is 5.54 Å². The van der Waals surface area contributed by atoms with Crippen LogP contribution in [0, 0.1) is 0 Å². The van der Waals surface area contributed by atoms with E-state index in [-0.39, 0.29) is 0 Å². The summed E-state index contributed by atoms with van der Waals surface area (Å²) in [5.41, 5.74) is 3.18. The highest BCUT2D eigenvalue weighted by Gasteiger charge is 2.37. The number of nitrogens with zero attached hydrogens (tertiary/aromatic N) is 2. The largest absolute Gasteiger partial charge is 0.319 e. The van der Waals surface area contributed by atoms with Crippen molar-refractivity contribution in [3.8, 4) is 0 Å². The normalized spacial score (nSPS) is 10.7. The van der Waals surface area contributed by atoms with Gasteiger partial charge in [-0.25, -0.2) is 4.98 Å². The fourth-order valence-corrected chi connectivity index (χ4v) is 3.44. The molecular formula is C24H24N2. The van der Waals surface area contributed by atoms with E-state index in [1.807, 2.05) is 32.6 Å². The molecule has 0 aliphatic carbocycles. The molecule has 0 aliphatic heterocycles. The van der Waals surface area contributed by atoms with E-state index in [1.54, 1.807) is 0 Å². The van der Waals surface area contributed by atoms with Gasteiger partial charge in [0.15, 0.2) is 0 Å². The Morgan fingerprint density at radius 1 is 0.615 bits per heavy atom. The SMILES string of the molecule is CC.c1ccc(C(c2ccccc2)(c2ccccc2)n2ccnc2)cc1. The molecule has 0 spiro atoms. The molecule has 1 heterocycles. The van der Waals surface area contributed by atoms with Gasteiger partial charge in [0, 0.05) is 12.4 Å². The summed E-state index contributed by atoms with van der Waals surface area (Å²) < 4.78 is 2.19. The predicted octanol–water partition coefficient (Wildman–Crippen LogP) is 5.75. The zero-order valence-electron chi connectivity index (χ0n) is 15.3. The first-order valence-corrected chi connectivity index (χ1v) is 9.07. The molecule has 0 atom stereocenters. The minimum atomic E-state index is -0.444. The lowest BCUT2D eigenvalue weighted by Crippen LogP contribution is -2.36. The lowest BCUT2D eigenvalue weighted by atomic mass is 9.77. The van der Waals surface area contributed by atoms with Gasteiger partial charge in [-0.05, 0) is 16.7 Å². The molecule has 4 rings (SSSR count). The number of imidazole rings is 1. The zero-order chi connectivity index (χ0) is 18.2. The average Bonchev–Trinajstić information content (AvgIpc) is 3.28. The van der Waals surface area contributed by atoms with E-state index in [0.717, 1.165) is 0 Å². The van der Waals surface area contributed by atoms with Crippen LogP contribution in [0.15, 0.2) is 110 Å². The van der Waals surface area contributed by atoms with Crippen molar-refractivity contribution >= 4 is 0 Å². The second kappa shape index (κ2) is 8.30. The maximum atomic E-state index is 4.33. The van der Waals surface area contributed by atoms with Crippen LogP contribution in [0.4, 0.5) is 0 Å². The molecule has 2 heteroatoms. The second-order valence-electron chi connectivity index (χ2n) is 5.78. The molecule has 3 aromatic carbocycles. The molecule has 0 amide bonds. The van der Waals surface area contributed by atoms with Gasteiger partial charge in [-0.15, -0.1) is 0 Å². The van der Waals surface area contributed by atoms with E-state index in [0.29, 0.717) is 0 Å². The molecule has 130 valence electrons. The first-order chi connectivity index (χ1) is 12.9. The van der Waals surface area contributed by atoms with Crippen molar-refractivity contribution in [1.82, 2.24) is 9.55 Å². The minimum absolute atomic E-state index is 0.444. The standard InChI is InChI=1S/C22H18N2.C2H6/c1-4-10-19(11-5-1)22(24-17-16-23-18-24,20-12-6-2-7-13-20)21-14-8-3-9-15-21;1-2/h1-18H;1-2H3. The molecule has 0 bridgehead atoms. The molecule has 0 aliphatic rings. The first kappa shape index (κ1) is 17.7. The van der Waals surface area contributed by atoms with Crippen LogP contribution in [-0.4, -0.2) is 9.55 Å². The predicted molar refractivity (Wildman–Crippen MR) is 108 cm³/mol. The molecule has 4 aromatic rings. The number of hydrogen-bond donors (Lipinski definition) is 0. The van der Waals surface area contributed by atoms with E-state index in [1.165, 1.54) is 16.7 Å². The van der Waals surface area contributed by atoms with Gasteiger partial charge in [0.05, 0.1) is 6.33 Å². The highest BCUT2D eigenvalue weighted by atomic mass is 15.1. The van der Waals surface area contributed by atoms with Crippen LogP contribution < -0.4 is 0 Å². The summed E-state index contributed by atoms with van der Waals surface area (Å²) in [6.45, 7) is 4.00. The monoisotopic (exact) mass is 340 g/mol. The summed E-state index contributed by atoms with van der Waals surface area (Å²) >= 11 is 0. The van der Waals surface area contributed by atoms with Crippen LogP contribution in [-0.2, 0) is 5.54 Å². The van der Waals surface area contributed by atoms with Gasteiger partial charge in [0.2, 0.25) is 0 Å². The molecule has 0 saturated heterocycles. The van der Waals surface area contributed by atoms with Crippen LogP contribution in [0.2, 0.25) is 0 Å². The molecule has 0 N–H and O–H groups in total. The zero-order valence-corrected chi connectivity index (χ0v) is 15.3. The Kier molecular flexibility index (Phi) is 5.65. The Labute approximate surface area is 155 Å². The smallest absolute Gasteiger partial charge is 0.121 e. The Morgan fingerprint density at radius 3 is 1.31 bits per heavy atom. The van der Waals surface area contributed by atoms with E-state index in [2.05, 4.69) is 101 Å². The van der Waals surface area contributed by atoms with Crippen molar-refractivity contribution < 1.29 is 0 Å². The summed E-state index contributed by atoms with van der Waals surface area (Å²) in [5.74, 6) is 0. The van der Waals surface area contributed by atoms with Gasteiger partial charge < -0.3 is 4.57 Å². The highest BCUT2D eigenvalue weighted by molar-refractivity contribution is 5.50. The van der Waals surface area contributed by atoms with Gasteiger partial charge in [0.25, 0.3) is 0 Å². The van der Waals surface area contributed by atoms with Crippen molar-refractivity contribution in [3.63, 3.8) is 0 Å². The lowest BCUT2D eigenvalue weighted by molar-refractivity contribution is 0.514. The number of benzene rings is 3. The number of hydrogen-bond acceptors (Lipinski definition) is 1. The van der Waals surface area contributed by atoms with Crippen molar-refractivity contribution in [2.45, 2.75) is 19.4 Å². The molecular weight excluding hydrogens is 316 g/mol. The van der Waals surface area contributed by atoms with Crippen LogP contribution in [0.25, 0.3) is 0 Å². The first-order valence-electron chi connectivity index (χ1n) is 9.07. The van der Waals surface area contributed by atoms with E-state index >= 15 is 0 Å². The topological polar surface area (TPSA) is 17.8 Å². The van der Waals surface area contributed by atoms with Crippen LogP contribution in [0.3, 0.4) is 0 Å². The summed E-state index contributed by atoms with van der Waals surface area (Å²) in [6.07, 6.45) is 5.77. The summed E-state index contributed by atoms with van der Waals surface area (Å²) in [5, 5.41) is 0. The van der Waals surface area contributed by atoms with E-state index in [4.69, 9.17) is 0 Å². The van der Waals surface area contributed by atoms with E-state index in [9.17, 15) is 0 Å². The van der Waals surface area contributed by atoms with Crippen molar-refractivity contribution in [2.75, 3.05) is 0 Å². The molecule has 1 aromatic heterocycles. The third kappa shape index (κ3) is 3.06. The maximum absolute atomic E-state index is 4.33. The van der Waals surface area contributed by atoms with E-state index < -0.39 is 5.54 Å². The Bertz CT molecular complexity index is 786. The number of aromatic nitrogens is 2. The van der Waals surface area contributed by atoms with Gasteiger partial charge in [-0.1, -0.05) is 105 Å². The van der Waals surface area contributed by atoms with Crippen molar-refractivity contribution in [2.24, 2.45) is 0 Å².